The summed E-state index contributed by atoms with van der Waals surface area (Å²) in [5, 5.41) is 5.31. The fraction of sp³-hybridized carbons (Fsp3) is 0.0870. The van der Waals surface area contributed by atoms with Gasteiger partial charge in [0.25, 0.3) is 5.91 Å². The van der Waals surface area contributed by atoms with E-state index in [-0.39, 0.29) is 5.91 Å². The zero-order chi connectivity index (χ0) is 21.1. The third-order valence-electron chi connectivity index (χ3n) is 4.64. The fourth-order valence-corrected chi connectivity index (χ4v) is 4.42. The van der Waals surface area contributed by atoms with E-state index < -0.39 is 0 Å². The lowest BCUT2D eigenvalue weighted by atomic mass is 10.1. The number of carbonyl (C=O) groups is 1. The number of anilines is 1. The Morgan fingerprint density at radius 1 is 1.00 bits per heavy atom. The number of benzene rings is 2. The van der Waals surface area contributed by atoms with Crippen molar-refractivity contribution in [3.8, 4) is 28.3 Å². The number of ether oxygens (including phenoxy) is 2. The van der Waals surface area contributed by atoms with Crippen molar-refractivity contribution in [2.45, 2.75) is 0 Å². The van der Waals surface area contributed by atoms with Crippen LogP contribution in [-0.2, 0) is 0 Å². The van der Waals surface area contributed by atoms with Crippen LogP contribution in [0.15, 0.2) is 72.4 Å². The molecule has 0 saturated carbocycles. The van der Waals surface area contributed by atoms with Crippen LogP contribution in [0.1, 0.15) is 9.67 Å². The van der Waals surface area contributed by atoms with Gasteiger partial charge in [-0.25, -0.2) is 0 Å². The third kappa shape index (κ3) is 3.79. The first-order valence-corrected chi connectivity index (χ1v) is 10.4. The highest BCUT2D eigenvalue weighted by Crippen LogP contribution is 2.38. The van der Waals surface area contributed by atoms with E-state index in [0.717, 1.165) is 16.8 Å². The number of methoxy groups -OCH3 is 2. The average Bonchev–Trinajstić information content (AvgIpc) is 3.44. The van der Waals surface area contributed by atoms with Gasteiger partial charge in [-0.15, -0.1) is 11.3 Å². The first-order chi connectivity index (χ1) is 14.6. The first kappa shape index (κ1) is 20.1. The summed E-state index contributed by atoms with van der Waals surface area (Å²) in [6.45, 7) is 0. The summed E-state index contributed by atoms with van der Waals surface area (Å²) in [7, 11) is 3.06. The van der Waals surface area contributed by atoms with Gasteiger partial charge < -0.3 is 19.4 Å². The van der Waals surface area contributed by atoms with Crippen LogP contribution in [0.4, 0.5) is 5.69 Å². The summed E-state index contributed by atoms with van der Waals surface area (Å²) in [6, 6.07) is 17.1. The van der Waals surface area contributed by atoms with Crippen LogP contribution >= 0.6 is 22.9 Å². The van der Waals surface area contributed by atoms with Crippen molar-refractivity contribution in [1.29, 1.82) is 0 Å². The predicted molar refractivity (Wildman–Crippen MR) is 122 cm³/mol. The molecule has 0 fully saturated rings. The molecule has 152 valence electrons. The average molecular weight is 439 g/mol. The summed E-state index contributed by atoms with van der Waals surface area (Å²) in [5.41, 5.74) is 3.33. The minimum atomic E-state index is -0.245. The highest BCUT2D eigenvalue weighted by molar-refractivity contribution is 7.13. The van der Waals surface area contributed by atoms with Gasteiger partial charge in [-0.1, -0.05) is 41.9 Å². The smallest absolute Gasteiger partial charge is 0.268 e. The van der Waals surface area contributed by atoms with Crippen LogP contribution in [0.5, 0.6) is 11.5 Å². The molecule has 30 heavy (non-hydrogen) atoms. The standard InChI is InChI=1S/C23H19ClN2O3S/c1-28-19-13-20(29-2)18(12-17(19)24)25-23(27)22-21(26-10-6-7-11-26)16(14-30-22)15-8-4-3-5-9-15/h3-14H,1-2H3,(H,25,27). The summed E-state index contributed by atoms with van der Waals surface area (Å²) in [5.74, 6) is 0.694. The summed E-state index contributed by atoms with van der Waals surface area (Å²) < 4.78 is 12.6. The van der Waals surface area contributed by atoms with Crippen LogP contribution in [0.3, 0.4) is 0 Å². The van der Waals surface area contributed by atoms with E-state index in [4.69, 9.17) is 21.1 Å². The molecular weight excluding hydrogens is 420 g/mol. The van der Waals surface area contributed by atoms with Crippen molar-refractivity contribution in [2.24, 2.45) is 0 Å². The Labute approximate surface area is 183 Å². The summed E-state index contributed by atoms with van der Waals surface area (Å²) in [6.07, 6.45) is 3.85. The van der Waals surface area contributed by atoms with Crippen molar-refractivity contribution in [1.82, 2.24) is 4.57 Å². The van der Waals surface area contributed by atoms with E-state index in [2.05, 4.69) is 5.32 Å². The molecule has 1 N–H and O–H groups in total. The number of hydrogen-bond donors (Lipinski definition) is 1. The van der Waals surface area contributed by atoms with Gasteiger partial charge in [0.2, 0.25) is 0 Å². The lowest BCUT2D eigenvalue weighted by Crippen LogP contribution is -2.13. The topological polar surface area (TPSA) is 52.5 Å². The number of aromatic nitrogens is 1. The molecule has 2 aromatic carbocycles. The second-order valence-electron chi connectivity index (χ2n) is 6.42. The molecule has 0 spiro atoms. The molecule has 2 heterocycles. The zero-order valence-corrected chi connectivity index (χ0v) is 18.0. The summed E-state index contributed by atoms with van der Waals surface area (Å²) in [4.78, 5) is 13.8. The van der Waals surface area contributed by atoms with Gasteiger partial charge in [-0.3, -0.25) is 4.79 Å². The maximum absolute atomic E-state index is 13.3. The molecule has 4 rings (SSSR count). The van der Waals surface area contributed by atoms with Gasteiger partial charge >= 0.3 is 0 Å². The molecule has 5 nitrogen and oxygen atoms in total. The molecule has 0 saturated heterocycles. The highest BCUT2D eigenvalue weighted by Gasteiger charge is 2.22. The quantitative estimate of drug-likeness (QED) is 0.394. The van der Waals surface area contributed by atoms with Gasteiger partial charge in [0.1, 0.15) is 16.4 Å². The van der Waals surface area contributed by atoms with Gasteiger partial charge in [0.05, 0.1) is 30.6 Å². The van der Waals surface area contributed by atoms with E-state index in [1.54, 1.807) is 12.1 Å². The molecule has 0 aliphatic carbocycles. The number of rotatable bonds is 6. The maximum atomic E-state index is 13.3. The molecule has 0 unspecified atom stereocenters. The second-order valence-corrected chi connectivity index (χ2v) is 7.71. The van der Waals surface area contributed by atoms with E-state index in [9.17, 15) is 4.79 Å². The van der Waals surface area contributed by atoms with Crippen molar-refractivity contribution in [3.05, 3.63) is 82.3 Å². The Balaban J connectivity index is 1.76. The lowest BCUT2D eigenvalue weighted by Gasteiger charge is -2.14. The SMILES string of the molecule is COc1cc(OC)c(NC(=O)c2scc(-c3ccccc3)c2-n2cccc2)cc1Cl. The van der Waals surface area contributed by atoms with Gasteiger partial charge in [0.15, 0.2) is 0 Å². The van der Waals surface area contributed by atoms with Crippen LogP contribution < -0.4 is 14.8 Å². The van der Waals surface area contributed by atoms with E-state index in [1.165, 1.54) is 25.6 Å². The van der Waals surface area contributed by atoms with Gasteiger partial charge in [-0.05, 0) is 23.8 Å². The number of hydrogen-bond acceptors (Lipinski definition) is 4. The second kappa shape index (κ2) is 8.65. The van der Waals surface area contributed by atoms with E-state index in [1.807, 2.05) is 64.8 Å². The Morgan fingerprint density at radius 3 is 2.37 bits per heavy atom. The monoisotopic (exact) mass is 438 g/mol. The molecule has 0 atom stereocenters. The molecule has 1 amide bonds. The number of amides is 1. The minimum Gasteiger partial charge on any atom is -0.495 e. The van der Waals surface area contributed by atoms with Crippen molar-refractivity contribution in [3.63, 3.8) is 0 Å². The summed E-state index contributed by atoms with van der Waals surface area (Å²) >= 11 is 7.64. The van der Waals surface area contributed by atoms with Crippen molar-refractivity contribution >= 4 is 34.5 Å². The predicted octanol–water partition coefficient (Wildman–Crippen LogP) is 6.13. The highest BCUT2D eigenvalue weighted by atomic mass is 35.5. The number of nitrogens with zero attached hydrogens (tertiary/aromatic N) is 1. The molecular formula is C23H19ClN2O3S. The molecule has 0 aliphatic heterocycles. The van der Waals surface area contributed by atoms with Crippen LogP contribution in [0, 0.1) is 0 Å². The van der Waals surface area contributed by atoms with Gasteiger partial charge in [-0.2, -0.15) is 0 Å². The third-order valence-corrected chi connectivity index (χ3v) is 5.90. The van der Waals surface area contributed by atoms with E-state index in [0.29, 0.717) is 27.1 Å². The Morgan fingerprint density at radius 2 is 1.70 bits per heavy atom. The molecule has 2 aromatic heterocycles. The Bertz CT molecular complexity index is 1170. The number of thiophene rings is 1. The fourth-order valence-electron chi connectivity index (χ4n) is 3.21. The molecule has 4 aromatic rings. The van der Waals surface area contributed by atoms with Crippen LogP contribution in [0.25, 0.3) is 16.8 Å². The van der Waals surface area contributed by atoms with Gasteiger partial charge in [0, 0.05) is 29.4 Å². The first-order valence-electron chi connectivity index (χ1n) is 9.15. The maximum Gasteiger partial charge on any atom is 0.268 e. The Kier molecular flexibility index (Phi) is 5.79. The number of halogens is 1. The Hall–Kier alpha value is -3.22. The molecule has 0 bridgehead atoms. The zero-order valence-electron chi connectivity index (χ0n) is 16.4. The van der Waals surface area contributed by atoms with Crippen molar-refractivity contribution < 1.29 is 14.3 Å². The number of carbonyl (C=O) groups excluding carboxylic acids is 1. The normalized spacial score (nSPS) is 10.6. The largest absolute Gasteiger partial charge is 0.495 e. The van der Waals surface area contributed by atoms with Crippen LogP contribution in [0.2, 0.25) is 5.02 Å². The minimum absolute atomic E-state index is 0.245. The molecule has 0 radical (unpaired) electrons. The molecule has 7 heteroatoms. The number of nitrogens with one attached hydrogen (secondary N) is 1. The molecule has 0 aliphatic rings. The lowest BCUT2D eigenvalue weighted by molar-refractivity contribution is 0.103. The van der Waals surface area contributed by atoms with Crippen LogP contribution in [-0.4, -0.2) is 24.7 Å². The van der Waals surface area contributed by atoms with Crippen molar-refractivity contribution in [2.75, 3.05) is 19.5 Å². The van der Waals surface area contributed by atoms with E-state index >= 15 is 0 Å².